The number of hydrogen-bond acceptors (Lipinski definition) is 5. The molecule has 0 rings (SSSR count). The number of rotatable bonds is 7. The van der Waals surface area contributed by atoms with Gasteiger partial charge in [-0.25, -0.2) is 5.06 Å². The van der Waals surface area contributed by atoms with E-state index in [1.165, 1.54) is 21.3 Å². The SMILES string of the molecule is COC(=O)C[C@@H](CC(=O)N(C)OC)O[Si](C)(C)C(C)(C)C. The molecule has 0 aliphatic heterocycles. The van der Waals surface area contributed by atoms with Crippen LogP contribution in [0.25, 0.3) is 0 Å². The van der Waals surface area contributed by atoms with E-state index in [2.05, 4.69) is 38.6 Å². The first-order chi connectivity index (χ1) is 9.44. The van der Waals surface area contributed by atoms with Crippen molar-refractivity contribution >= 4 is 20.2 Å². The molecule has 0 heterocycles. The van der Waals surface area contributed by atoms with Crippen molar-refractivity contribution in [2.45, 2.75) is 57.8 Å². The van der Waals surface area contributed by atoms with E-state index in [4.69, 9.17) is 9.26 Å². The molecule has 0 aliphatic carbocycles. The molecular formula is C14H29NO5Si. The van der Waals surface area contributed by atoms with E-state index >= 15 is 0 Å². The van der Waals surface area contributed by atoms with Crippen molar-refractivity contribution < 1.29 is 23.6 Å². The number of hydroxylamine groups is 2. The Morgan fingerprint density at radius 2 is 1.67 bits per heavy atom. The molecule has 0 aromatic rings. The summed E-state index contributed by atoms with van der Waals surface area (Å²) < 4.78 is 10.9. The number of esters is 1. The summed E-state index contributed by atoms with van der Waals surface area (Å²) in [6.45, 7) is 10.5. The molecule has 1 amide bonds. The van der Waals surface area contributed by atoms with Crippen LogP contribution in [0.2, 0.25) is 18.1 Å². The lowest BCUT2D eigenvalue weighted by Gasteiger charge is -2.39. The Labute approximate surface area is 128 Å². The maximum atomic E-state index is 12.0. The summed E-state index contributed by atoms with van der Waals surface area (Å²) in [6.07, 6.45) is -0.346. The molecule has 0 radical (unpaired) electrons. The normalized spacial score (nSPS) is 13.7. The average molecular weight is 319 g/mol. The van der Waals surface area contributed by atoms with E-state index < -0.39 is 14.4 Å². The summed E-state index contributed by atoms with van der Waals surface area (Å²) in [5.74, 6) is -0.614. The first-order valence-electron chi connectivity index (χ1n) is 7.00. The van der Waals surface area contributed by atoms with Gasteiger partial charge >= 0.3 is 5.97 Å². The Kier molecular flexibility index (Phi) is 7.56. The van der Waals surface area contributed by atoms with Gasteiger partial charge in [-0.3, -0.25) is 14.4 Å². The highest BCUT2D eigenvalue weighted by Gasteiger charge is 2.40. The second kappa shape index (κ2) is 7.91. The summed E-state index contributed by atoms with van der Waals surface area (Å²) >= 11 is 0. The van der Waals surface area contributed by atoms with Crippen molar-refractivity contribution in [2.75, 3.05) is 21.3 Å². The molecule has 124 valence electrons. The van der Waals surface area contributed by atoms with Gasteiger partial charge in [-0.2, -0.15) is 0 Å². The molecule has 0 bridgehead atoms. The first-order valence-corrected chi connectivity index (χ1v) is 9.90. The fraction of sp³-hybridized carbons (Fsp3) is 0.857. The van der Waals surface area contributed by atoms with E-state index in [0.29, 0.717) is 0 Å². The van der Waals surface area contributed by atoms with E-state index in [-0.39, 0.29) is 29.8 Å². The van der Waals surface area contributed by atoms with E-state index in [1.54, 1.807) is 0 Å². The Balaban J connectivity index is 4.99. The van der Waals surface area contributed by atoms with E-state index in [1.807, 2.05) is 0 Å². The quantitative estimate of drug-likeness (QED) is 0.409. The Morgan fingerprint density at radius 3 is 2.05 bits per heavy atom. The molecule has 1 atom stereocenters. The lowest BCUT2D eigenvalue weighted by atomic mass is 10.2. The highest BCUT2D eigenvalue weighted by atomic mass is 28.4. The molecular weight excluding hydrogens is 290 g/mol. The van der Waals surface area contributed by atoms with Gasteiger partial charge in [0.1, 0.15) is 0 Å². The highest BCUT2D eigenvalue weighted by Crippen LogP contribution is 2.38. The van der Waals surface area contributed by atoms with Crippen LogP contribution in [-0.4, -0.2) is 52.6 Å². The molecule has 0 saturated heterocycles. The van der Waals surface area contributed by atoms with Crippen LogP contribution in [0.3, 0.4) is 0 Å². The maximum Gasteiger partial charge on any atom is 0.308 e. The molecule has 7 heteroatoms. The summed E-state index contributed by atoms with van der Waals surface area (Å²) in [7, 11) is 2.20. The number of methoxy groups -OCH3 is 1. The predicted molar refractivity (Wildman–Crippen MR) is 83.1 cm³/mol. The average Bonchev–Trinajstić information content (AvgIpc) is 2.35. The molecule has 6 nitrogen and oxygen atoms in total. The molecule has 0 fully saturated rings. The van der Waals surface area contributed by atoms with Gasteiger partial charge in [-0.15, -0.1) is 0 Å². The van der Waals surface area contributed by atoms with Crippen LogP contribution < -0.4 is 0 Å². The zero-order chi connectivity index (χ0) is 16.8. The van der Waals surface area contributed by atoms with Crippen LogP contribution in [0.1, 0.15) is 33.6 Å². The van der Waals surface area contributed by atoms with Gasteiger partial charge in [0.2, 0.25) is 5.91 Å². The number of carbonyl (C=O) groups excluding carboxylic acids is 2. The van der Waals surface area contributed by atoms with Crippen LogP contribution in [0, 0.1) is 0 Å². The Morgan fingerprint density at radius 1 is 1.14 bits per heavy atom. The standard InChI is InChI=1S/C14H29NO5Si/c1-14(2,3)21(7,8)20-11(10-13(17)18-5)9-12(16)15(4)19-6/h11H,9-10H2,1-8H3/t11-/m1/s1. The van der Waals surface area contributed by atoms with Crippen LogP contribution in [0.4, 0.5) is 0 Å². The smallest absolute Gasteiger partial charge is 0.308 e. The second-order valence-electron chi connectivity index (χ2n) is 6.56. The molecule has 21 heavy (non-hydrogen) atoms. The topological polar surface area (TPSA) is 65.1 Å². The second-order valence-corrected chi connectivity index (χ2v) is 11.3. The maximum absolute atomic E-state index is 12.0. The third-order valence-corrected chi connectivity index (χ3v) is 8.45. The number of amides is 1. The molecule has 0 aromatic carbocycles. The highest BCUT2D eigenvalue weighted by molar-refractivity contribution is 6.74. The fourth-order valence-corrected chi connectivity index (χ4v) is 2.80. The van der Waals surface area contributed by atoms with Gasteiger partial charge in [0.15, 0.2) is 8.32 Å². The number of nitrogens with zero attached hydrogens (tertiary/aromatic N) is 1. The van der Waals surface area contributed by atoms with Gasteiger partial charge in [-0.1, -0.05) is 20.8 Å². The minimum atomic E-state index is -2.08. The summed E-state index contributed by atoms with van der Waals surface area (Å²) in [4.78, 5) is 28.4. The van der Waals surface area contributed by atoms with Crippen molar-refractivity contribution in [3.8, 4) is 0 Å². The van der Waals surface area contributed by atoms with E-state index in [9.17, 15) is 9.59 Å². The number of carbonyl (C=O) groups is 2. The van der Waals surface area contributed by atoms with Gasteiger partial charge in [0.05, 0.1) is 33.2 Å². The van der Waals surface area contributed by atoms with Crippen LogP contribution in [-0.2, 0) is 23.6 Å². The Hall–Kier alpha value is -0.923. The fourth-order valence-electron chi connectivity index (χ4n) is 1.44. The number of ether oxygens (including phenoxy) is 1. The van der Waals surface area contributed by atoms with Gasteiger partial charge in [0.25, 0.3) is 0 Å². The third kappa shape index (κ3) is 6.58. The molecule has 0 spiro atoms. The van der Waals surface area contributed by atoms with Gasteiger partial charge in [0, 0.05) is 7.05 Å². The first kappa shape index (κ1) is 20.1. The molecule has 0 aromatic heterocycles. The summed E-state index contributed by atoms with van der Waals surface area (Å²) in [6, 6.07) is 0. The lowest BCUT2D eigenvalue weighted by molar-refractivity contribution is -0.170. The molecule has 0 aliphatic rings. The van der Waals surface area contributed by atoms with Gasteiger partial charge in [-0.05, 0) is 18.1 Å². The van der Waals surface area contributed by atoms with Gasteiger partial charge < -0.3 is 9.16 Å². The zero-order valence-electron chi connectivity index (χ0n) is 14.5. The monoisotopic (exact) mass is 319 g/mol. The van der Waals surface area contributed by atoms with Crippen molar-refractivity contribution in [3.05, 3.63) is 0 Å². The minimum absolute atomic E-state index is 0.00241. The Bertz CT molecular complexity index is 365. The largest absolute Gasteiger partial charge is 0.469 e. The van der Waals surface area contributed by atoms with Crippen LogP contribution >= 0.6 is 0 Å². The predicted octanol–water partition coefficient (Wildman–Crippen LogP) is 2.35. The molecule has 0 unspecified atom stereocenters. The summed E-state index contributed by atoms with van der Waals surface area (Å²) in [5.41, 5.74) is 0. The van der Waals surface area contributed by atoms with Crippen molar-refractivity contribution in [2.24, 2.45) is 0 Å². The van der Waals surface area contributed by atoms with E-state index in [0.717, 1.165) is 5.06 Å². The van der Waals surface area contributed by atoms with Crippen LogP contribution in [0.5, 0.6) is 0 Å². The minimum Gasteiger partial charge on any atom is -0.469 e. The lowest BCUT2D eigenvalue weighted by Crippen LogP contribution is -2.45. The third-order valence-electron chi connectivity index (χ3n) is 3.92. The number of hydrogen-bond donors (Lipinski definition) is 0. The van der Waals surface area contributed by atoms with Crippen molar-refractivity contribution in [1.29, 1.82) is 0 Å². The molecule has 0 saturated carbocycles. The summed E-state index contributed by atoms with van der Waals surface area (Å²) in [5, 5.41) is 1.14. The van der Waals surface area contributed by atoms with Crippen molar-refractivity contribution in [1.82, 2.24) is 5.06 Å². The van der Waals surface area contributed by atoms with Crippen LogP contribution in [0.15, 0.2) is 0 Å². The zero-order valence-corrected chi connectivity index (χ0v) is 15.5. The van der Waals surface area contributed by atoms with Crippen molar-refractivity contribution in [3.63, 3.8) is 0 Å². The molecule has 0 N–H and O–H groups in total.